The fraction of sp³-hybridized carbons (Fsp3) is 0.385. The van der Waals surface area contributed by atoms with Gasteiger partial charge in [0.25, 0.3) is 0 Å². The fourth-order valence-corrected chi connectivity index (χ4v) is 1.87. The van der Waals surface area contributed by atoms with Gasteiger partial charge >= 0.3 is 0 Å². The summed E-state index contributed by atoms with van der Waals surface area (Å²) in [5.74, 6) is 0. The van der Waals surface area contributed by atoms with Gasteiger partial charge in [-0.05, 0) is 18.6 Å². The number of hydrogen-bond donors (Lipinski definition) is 0. The molecule has 0 aliphatic heterocycles. The lowest BCUT2D eigenvalue weighted by Crippen LogP contribution is -2.10. The van der Waals surface area contributed by atoms with E-state index in [0.717, 1.165) is 12.1 Å². The molecule has 0 radical (unpaired) electrons. The highest BCUT2D eigenvalue weighted by atomic mass is 15.1. The summed E-state index contributed by atoms with van der Waals surface area (Å²) in [7, 11) is 0. The van der Waals surface area contributed by atoms with Crippen molar-refractivity contribution in [3.8, 4) is 0 Å². The van der Waals surface area contributed by atoms with Crippen LogP contribution in [0.1, 0.15) is 37.9 Å². The van der Waals surface area contributed by atoms with E-state index in [-0.39, 0.29) is 0 Å². The molecule has 0 aromatic carbocycles. The molecule has 0 N–H and O–H groups in total. The summed E-state index contributed by atoms with van der Waals surface area (Å²) < 4.78 is 2.14. The molecule has 2 rings (SSSR count). The van der Waals surface area contributed by atoms with Gasteiger partial charge in [0.2, 0.25) is 0 Å². The van der Waals surface area contributed by atoms with E-state index in [2.05, 4.69) is 27.5 Å². The van der Waals surface area contributed by atoms with Crippen LogP contribution in [0.25, 0.3) is 0 Å². The topological polar surface area (TPSA) is 30.7 Å². The van der Waals surface area contributed by atoms with Gasteiger partial charge in [0, 0.05) is 18.6 Å². The maximum atomic E-state index is 4.44. The highest BCUT2D eigenvalue weighted by Gasteiger charge is 2.13. The van der Waals surface area contributed by atoms with Crippen LogP contribution in [0, 0.1) is 0 Å². The number of unbranched alkanes of at least 4 members (excludes halogenated alkanes) is 1. The van der Waals surface area contributed by atoms with Gasteiger partial charge in [0.1, 0.15) is 0 Å². The molecular weight excluding hydrogens is 198 g/mol. The Morgan fingerprint density at radius 3 is 2.88 bits per heavy atom. The largest absolute Gasteiger partial charge is 0.328 e. The quantitative estimate of drug-likeness (QED) is 0.767. The molecule has 0 spiro atoms. The zero-order valence-corrected chi connectivity index (χ0v) is 9.58. The zero-order chi connectivity index (χ0) is 11.2. The Morgan fingerprint density at radius 1 is 1.31 bits per heavy atom. The first-order chi connectivity index (χ1) is 7.92. The zero-order valence-electron chi connectivity index (χ0n) is 9.58. The summed E-state index contributed by atoms with van der Waals surface area (Å²) in [5.41, 5.74) is 1.12. The van der Waals surface area contributed by atoms with E-state index >= 15 is 0 Å². The molecule has 0 aliphatic carbocycles. The molecule has 1 atom stereocenters. The van der Waals surface area contributed by atoms with E-state index in [4.69, 9.17) is 0 Å². The van der Waals surface area contributed by atoms with Crippen LogP contribution < -0.4 is 0 Å². The minimum atomic E-state index is 0.323. The van der Waals surface area contributed by atoms with Crippen LogP contribution in [0.3, 0.4) is 0 Å². The van der Waals surface area contributed by atoms with Gasteiger partial charge in [-0.2, -0.15) is 0 Å². The summed E-state index contributed by atoms with van der Waals surface area (Å²) >= 11 is 0. The van der Waals surface area contributed by atoms with Gasteiger partial charge in [-0.3, -0.25) is 4.98 Å². The Morgan fingerprint density at radius 2 is 2.25 bits per heavy atom. The first-order valence-electron chi connectivity index (χ1n) is 5.80. The standard InChI is InChI=1S/C13H17N3/c1-2-3-7-13(16-10-9-14-11-16)12-6-4-5-8-15-12/h4-6,8-11,13H,2-3,7H2,1H3. The predicted molar refractivity (Wildman–Crippen MR) is 64.1 cm³/mol. The molecule has 0 saturated heterocycles. The van der Waals surface area contributed by atoms with Crippen molar-refractivity contribution in [3.05, 3.63) is 48.8 Å². The molecule has 1 unspecified atom stereocenters. The second-order valence-corrected chi connectivity index (χ2v) is 3.92. The van der Waals surface area contributed by atoms with E-state index in [9.17, 15) is 0 Å². The molecular formula is C13H17N3. The second kappa shape index (κ2) is 5.45. The van der Waals surface area contributed by atoms with Crippen LogP contribution >= 0.6 is 0 Å². The maximum Gasteiger partial charge on any atom is 0.0952 e. The molecule has 2 aromatic heterocycles. The smallest absolute Gasteiger partial charge is 0.0952 e. The molecule has 16 heavy (non-hydrogen) atoms. The lowest BCUT2D eigenvalue weighted by Gasteiger charge is -2.17. The molecule has 0 bridgehead atoms. The maximum absolute atomic E-state index is 4.44. The van der Waals surface area contributed by atoms with Gasteiger partial charge in [0.05, 0.1) is 18.1 Å². The molecule has 2 heterocycles. The Labute approximate surface area is 96.2 Å². The molecule has 84 valence electrons. The van der Waals surface area contributed by atoms with E-state index in [0.29, 0.717) is 6.04 Å². The number of imidazole rings is 1. The monoisotopic (exact) mass is 215 g/mol. The van der Waals surface area contributed by atoms with Gasteiger partial charge in [-0.1, -0.05) is 25.8 Å². The summed E-state index contributed by atoms with van der Waals surface area (Å²) in [6, 6.07) is 6.40. The molecule has 0 saturated carbocycles. The highest BCUT2D eigenvalue weighted by Crippen LogP contribution is 2.21. The van der Waals surface area contributed by atoms with Crippen molar-refractivity contribution in [2.24, 2.45) is 0 Å². The third-order valence-corrected chi connectivity index (χ3v) is 2.75. The average Bonchev–Trinajstić information content (AvgIpc) is 2.85. The van der Waals surface area contributed by atoms with Crippen LogP contribution in [0.4, 0.5) is 0 Å². The normalized spacial score (nSPS) is 12.6. The third-order valence-electron chi connectivity index (χ3n) is 2.75. The van der Waals surface area contributed by atoms with E-state index in [1.165, 1.54) is 12.8 Å². The van der Waals surface area contributed by atoms with Crippen LogP contribution in [0.2, 0.25) is 0 Å². The van der Waals surface area contributed by atoms with Gasteiger partial charge in [-0.15, -0.1) is 0 Å². The Hall–Kier alpha value is -1.64. The van der Waals surface area contributed by atoms with Crippen molar-refractivity contribution in [2.75, 3.05) is 0 Å². The molecule has 0 aliphatic rings. The number of nitrogens with zero attached hydrogens (tertiary/aromatic N) is 3. The van der Waals surface area contributed by atoms with Crippen molar-refractivity contribution >= 4 is 0 Å². The summed E-state index contributed by atoms with van der Waals surface area (Å²) in [5, 5.41) is 0. The van der Waals surface area contributed by atoms with Crippen molar-refractivity contribution in [1.82, 2.24) is 14.5 Å². The van der Waals surface area contributed by atoms with Crippen molar-refractivity contribution < 1.29 is 0 Å². The molecule has 2 aromatic rings. The fourth-order valence-electron chi connectivity index (χ4n) is 1.87. The van der Waals surface area contributed by atoms with Crippen molar-refractivity contribution in [1.29, 1.82) is 0 Å². The number of rotatable bonds is 5. The van der Waals surface area contributed by atoms with Crippen LogP contribution in [0.15, 0.2) is 43.1 Å². The molecule has 0 amide bonds. The average molecular weight is 215 g/mol. The summed E-state index contributed by atoms with van der Waals surface area (Å²) in [6.07, 6.45) is 11.1. The van der Waals surface area contributed by atoms with E-state index < -0.39 is 0 Å². The lowest BCUT2D eigenvalue weighted by atomic mass is 10.1. The Bertz CT molecular complexity index is 394. The third kappa shape index (κ3) is 2.48. The van der Waals surface area contributed by atoms with Gasteiger partial charge in [-0.25, -0.2) is 4.98 Å². The highest BCUT2D eigenvalue weighted by molar-refractivity contribution is 5.10. The SMILES string of the molecule is CCCCC(c1ccccn1)n1ccnc1. The molecule has 3 heteroatoms. The minimum Gasteiger partial charge on any atom is -0.328 e. The predicted octanol–water partition coefficient (Wildman–Crippen LogP) is 3.06. The van der Waals surface area contributed by atoms with E-state index in [1.807, 2.05) is 37.1 Å². The van der Waals surface area contributed by atoms with Crippen LogP contribution in [-0.2, 0) is 0 Å². The minimum absolute atomic E-state index is 0.323. The number of hydrogen-bond acceptors (Lipinski definition) is 2. The number of aromatic nitrogens is 3. The van der Waals surface area contributed by atoms with Gasteiger partial charge in [0.15, 0.2) is 0 Å². The summed E-state index contributed by atoms with van der Waals surface area (Å²) in [4.78, 5) is 8.55. The van der Waals surface area contributed by atoms with Crippen molar-refractivity contribution in [2.45, 2.75) is 32.2 Å². The first-order valence-corrected chi connectivity index (χ1v) is 5.80. The molecule has 0 fully saturated rings. The van der Waals surface area contributed by atoms with Crippen LogP contribution in [-0.4, -0.2) is 14.5 Å². The number of pyridine rings is 1. The Kier molecular flexibility index (Phi) is 3.70. The summed E-state index contributed by atoms with van der Waals surface area (Å²) in [6.45, 7) is 2.21. The van der Waals surface area contributed by atoms with E-state index in [1.54, 1.807) is 0 Å². The lowest BCUT2D eigenvalue weighted by molar-refractivity contribution is 0.504. The second-order valence-electron chi connectivity index (χ2n) is 3.92. The van der Waals surface area contributed by atoms with Crippen molar-refractivity contribution in [3.63, 3.8) is 0 Å². The molecule has 3 nitrogen and oxygen atoms in total. The van der Waals surface area contributed by atoms with Crippen LogP contribution in [0.5, 0.6) is 0 Å². The first kappa shape index (κ1) is 10.9. The van der Waals surface area contributed by atoms with Gasteiger partial charge < -0.3 is 4.57 Å². The Balaban J connectivity index is 2.21.